The number of methoxy groups -OCH3 is 1. The van der Waals surface area contributed by atoms with Crippen LogP contribution in [0.4, 0.5) is 10.2 Å². The molecule has 20 heavy (non-hydrogen) atoms. The highest BCUT2D eigenvalue weighted by atomic mass is 35.5. The van der Waals surface area contributed by atoms with Crippen molar-refractivity contribution in [3.63, 3.8) is 0 Å². The summed E-state index contributed by atoms with van der Waals surface area (Å²) in [6.07, 6.45) is 3.01. The van der Waals surface area contributed by atoms with Crippen LogP contribution in [0.15, 0.2) is 18.5 Å². The van der Waals surface area contributed by atoms with Crippen LogP contribution in [0.25, 0.3) is 0 Å². The summed E-state index contributed by atoms with van der Waals surface area (Å²) in [5.74, 6) is -0.133. The van der Waals surface area contributed by atoms with E-state index in [1.807, 2.05) is 4.90 Å². The predicted octanol–water partition coefficient (Wildman–Crippen LogP) is 1.61. The molecule has 1 fully saturated rings. The van der Waals surface area contributed by atoms with Crippen LogP contribution in [0.2, 0.25) is 5.02 Å². The van der Waals surface area contributed by atoms with E-state index < -0.39 is 5.82 Å². The van der Waals surface area contributed by atoms with Gasteiger partial charge in [0, 0.05) is 26.4 Å². The van der Waals surface area contributed by atoms with E-state index in [2.05, 4.69) is 20.4 Å². The monoisotopic (exact) mass is 297 g/mol. The van der Waals surface area contributed by atoms with Crippen LogP contribution in [-0.4, -0.2) is 46.7 Å². The SMILES string of the molecule is CO[C@@H]1CN(c2ncc(Cl)cc2F)C[C@H]1c1cn[nH]n1. The van der Waals surface area contributed by atoms with E-state index >= 15 is 0 Å². The third kappa shape index (κ3) is 2.34. The number of nitrogens with one attached hydrogen (secondary N) is 1. The lowest BCUT2D eigenvalue weighted by atomic mass is 10.0. The highest BCUT2D eigenvalue weighted by Gasteiger charge is 2.37. The Kier molecular flexibility index (Phi) is 3.54. The van der Waals surface area contributed by atoms with Crippen molar-refractivity contribution in [1.29, 1.82) is 0 Å². The Labute approximate surface area is 119 Å². The van der Waals surface area contributed by atoms with Gasteiger partial charge in [0.15, 0.2) is 11.6 Å². The standard InChI is InChI=1S/C12H13ClFN5O/c1-20-11-6-19(5-8(11)10-4-16-18-17-10)12-9(14)2-7(13)3-15-12/h2-4,8,11H,5-6H2,1H3,(H,16,17,18)/t8-,11+/m0/s1. The van der Waals surface area contributed by atoms with E-state index in [1.54, 1.807) is 13.3 Å². The average Bonchev–Trinajstić information content (AvgIpc) is 3.07. The molecule has 3 rings (SSSR count). The highest BCUT2D eigenvalue weighted by molar-refractivity contribution is 6.30. The van der Waals surface area contributed by atoms with Gasteiger partial charge in [-0.1, -0.05) is 11.6 Å². The van der Waals surface area contributed by atoms with Gasteiger partial charge < -0.3 is 9.64 Å². The van der Waals surface area contributed by atoms with Crippen molar-refractivity contribution in [2.24, 2.45) is 0 Å². The summed E-state index contributed by atoms with van der Waals surface area (Å²) in [7, 11) is 1.63. The average molecular weight is 298 g/mol. The van der Waals surface area contributed by atoms with Crippen LogP contribution < -0.4 is 4.90 Å². The molecule has 1 saturated heterocycles. The van der Waals surface area contributed by atoms with E-state index in [-0.39, 0.29) is 22.9 Å². The summed E-state index contributed by atoms with van der Waals surface area (Å²) in [4.78, 5) is 5.90. The molecule has 0 bridgehead atoms. The summed E-state index contributed by atoms with van der Waals surface area (Å²) < 4.78 is 19.4. The predicted molar refractivity (Wildman–Crippen MR) is 71.3 cm³/mol. The summed E-state index contributed by atoms with van der Waals surface area (Å²) >= 11 is 5.72. The number of nitrogens with zero attached hydrogens (tertiary/aromatic N) is 4. The summed E-state index contributed by atoms with van der Waals surface area (Å²) in [6, 6.07) is 1.26. The molecule has 2 aromatic rings. The van der Waals surface area contributed by atoms with E-state index in [0.29, 0.717) is 13.1 Å². The second-order valence-electron chi connectivity index (χ2n) is 4.64. The van der Waals surface area contributed by atoms with Crippen LogP contribution in [-0.2, 0) is 4.74 Å². The lowest BCUT2D eigenvalue weighted by Gasteiger charge is -2.17. The number of hydrogen-bond donors (Lipinski definition) is 1. The van der Waals surface area contributed by atoms with Crippen LogP contribution in [0.1, 0.15) is 11.6 Å². The van der Waals surface area contributed by atoms with Crippen molar-refractivity contribution in [3.8, 4) is 0 Å². The van der Waals surface area contributed by atoms with Crippen molar-refractivity contribution in [2.45, 2.75) is 12.0 Å². The first-order valence-corrected chi connectivity index (χ1v) is 6.51. The molecule has 0 saturated carbocycles. The minimum Gasteiger partial charge on any atom is -0.379 e. The Morgan fingerprint density at radius 2 is 2.30 bits per heavy atom. The first kappa shape index (κ1) is 13.3. The maximum atomic E-state index is 13.9. The zero-order chi connectivity index (χ0) is 14.1. The molecule has 0 aliphatic carbocycles. The molecule has 1 N–H and O–H groups in total. The first-order chi connectivity index (χ1) is 9.69. The third-order valence-electron chi connectivity index (χ3n) is 3.47. The molecule has 3 heterocycles. The summed E-state index contributed by atoms with van der Waals surface area (Å²) in [6.45, 7) is 1.11. The number of pyridine rings is 1. The molecule has 2 atom stereocenters. The second-order valence-corrected chi connectivity index (χ2v) is 5.08. The van der Waals surface area contributed by atoms with Gasteiger partial charge in [0.05, 0.1) is 28.9 Å². The van der Waals surface area contributed by atoms with Gasteiger partial charge in [0.2, 0.25) is 0 Å². The molecule has 0 spiro atoms. The van der Waals surface area contributed by atoms with E-state index in [0.717, 1.165) is 5.69 Å². The van der Waals surface area contributed by atoms with Crippen molar-refractivity contribution < 1.29 is 9.13 Å². The molecule has 2 aromatic heterocycles. The normalized spacial score (nSPS) is 22.4. The summed E-state index contributed by atoms with van der Waals surface area (Å²) in [5, 5.41) is 10.8. The Morgan fingerprint density at radius 1 is 1.45 bits per heavy atom. The van der Waals surface area contributed by atoms with Crippen LogP contribution >= 0.6 is 11.6 Å². The van der Waals surface area contributed by atoms with Gasteiger partial charge in [-0.2, -0.15) is 15.4 Å². The number of aromatic amines is 1. The number of aromatic nitrogens is 4. The molecule has 0 amide bonds. The Bertz CT molecular complexity index is 594. The largest absolute Gasteiger partial charge is 0.379 e. The maximum absolute atomic E-state index is 13.9. The van der Waals surface area contributed by atoms with E-state index in [1.165, 1.54) is 12.3 Å². The molecule has 0 aromatic carbocycles. The third-order valence-corrected chi connectivity index (χ3v) is 3.68. The Balaban J connectivity index is 1.86. The van der Waals surface area contributed by atoms with Gasteiger partial charge in [-0.25, -0.2) is 9.37 Å². The van der Waals surface area contributed by atoms with Gasteiger partial charge in [-0.3, -0.25) is 0 Å². The fourth-order valence-corrected chi connectivity index (χ4v) is 2.64. The molecule has 106 valence electrons. The number of rotatable bonds is 3. The zero-order valence-corrected chi connectivity index (χ0v) is 11.5. The minimum atomic E-state index is -0.437. The van der Waals surface area contributed by atoms with Gasteiger partial charge in [-0.15, -0.1) is 0 Å². The lowest BCUT2D eigenvalue weighted by molar-refractivity contribution is 0.105. The maximum Gasteiger partial charge on any atom is 0.167 e. The first-order valence-electron chi connectivity index (χ1n) is 6.13. The Morgan fingerprint density at radius 3 is 2.95 bits per heavy atom. The number of hydrogen-bond acceptors (Lipinski definition) is 5. The van der Waals surface area contributed by atoms with E-state index in [4.69, 9.17) is 16.3 Å². The topological polar surface area (TPSA) is 66.9 Å². The quantitative estimate of drug-likeness (QED) is 0.932. The van der Waals surface area contributed by atoms with Crippen molar-refractivity contribution in [1.82, 2.24) is 20.4 Å². The molecule has 0 unspecified atom stereocenters. The van der Waals surface area contributed by atoms with E-state index in [9.17, 15) is 4.39 Å². The Hall–Kier alpha value is -1.73. The van der Waals surface area contributed by atoms with Crippen LogP contribution in [0.5, 0.6) is 0 Å². The van der Waals surface area contributed by atoms with Gasteiger partial charge >= 0.3 is 0 Å². The highest BCUT2D eigenvalue weighted by Crippen LogP contribution is 2.32. The van der Waals surface area contributed by atoms with Crippen molar-refractivity contribution in [3.05, 3.63) is 35.0 Å². The van der Waals surface area contributed by atoms with Crippen LogP contribution in [0, 0.1) is 5.82 Å². The fraction of sp³-hybridized carbons (Fsp3) is 0.417. The minimum absolute atomic E-state index is 0.0237. The molecule has 8 heteroatoms. The zero-order valence-electron chi connectivity index (χ0n) is 10.8. The van der Waals surface area contributed by atoms with Crippen molar-refractivity contribution in [2.75, 3.05) is 25.1 Å². The lowest BCUT2D eigenvalue weighted by Crippen LogP contribution is -2.24. The smallest absolute Gasteiger partial charge is 0.167 e. The summed E-state index contributed by atoms with van der Waals surface area (Å²) in [5.41, 5.74) is 0.800. The van der Waals surface area contributed by atoms with Gasteiger partial charge in [-0.05, 0) is 6.07 Å². The molecular weight excluding hydrogens is 285 g/mol. The number of halogens is 2. The molecule has 1 aliphatic heterocycles. The van der Waals surface area contributed by atoms with Crippen LogP contribution in [0.3, 0.4) is 0 Å². The number of H-pyrrole nitrogens is 1. The van der Waals surface area contributed by atoms with Gasteiger partial charge in [0.1, 0.15) is 0 Å². The van der Waals surface area contributed by atoms with Crippen molar-refractivity contribution >= 4 is 17.4 Å². The van der Waals surface area contributed by atoms with Gasteiger partial charge in [0.25, 0.3) is 0 Å². The molecular formula is C12H13ClFN5O. The molecule has 6 nitrogen and oxygen atoms in total. The molecule has 0 radical (unpaired) electrons. The number of anilines is 1. The fourth-order valence-electron chi connectivity index (χ4n) is 2.50. The number of ether oxygens (including phenoxy) is 1. The second kappa shape index (κ2) is 5.34. The molecule has 1 aliphatic rings.